The van der Waals surface area contributed by atoms with Crippen molar-refractivity contribution in [3.63, 3.8) is 0 Å². The van der Waals surface area contributed by atoms with Crippen LogP contribution in [0.5, 0.6) is 0 Å². The fourth-order valence-electron chi connectivity index (χ4n) is 4.69. The minimum atomic E-state index is -3.39. The number of benzene rings is 2. The van der Waals surface area contributed by atoms with Crippen LogP contribution in [0.1, 0.15) is 29.5 Å². The average molecular weight is 485 g/mol. The molecule has 0 aliphatic carbocycles. The van der Waals surface area contributed by atoms with Crippen molar-refractivity contribution >= 4 is 37.5 Å². The largest absolute Gasteiger partial charge is 0.339 e. The van der Waals surface area contributed by atoms with Crippen LogP contribution in [-0.4, -0.2) is 72.7 Å². The molecule has 0 saturated carbocycles. The summed E-state index contributed by atoms with van der Waals surface area (Å²) in [5.74, 6) is 0.0717. The van der Waals surface area contributed by atoms with E-state index in [9.17, 15) is 13.2 Å². The summed E-state index contributed by atoms with van der Waals surface area (Å²) in [6.45, 7) is 2.82. The molecular formula is C24H28N4O3S2. The zero-order valence-electron chi connectivity index (χ0n) is 18.5. The number of aromatic nitrogens is 1. The van der Waals surface area contributed by atoms with Crippen LogP contribution in [0.3, 0.4) is 0 Å². The van der Waals surface area contributed by atoms with Crippen molar-refractivity contribution in [1.82, 2.24) is 19.1 Å². The topological polar surface area (TPSA) is 73.8 Å². The molecule has 1 amide bonds. The van der Waals surface area contributed by atoms with Gasteiger partial charge in [-0.3, -0.25) is 9.69 Å². The fraction of sp³-hybridized carbons (Fsp3) is 0.417. The van der Waals surface area contributed by atoms with Gasteiger partial charge in [0.1, 0.15) is 5.01 Å². The SMILES string of the molecule is O=C(CN1CCC[C@@H]1c1nc2ccccc2s1)N1CCN(S(=O)(=O)Cc2ccccc2)CC1. The van der Waals surface area contributed by atoms with E-state index >= 15 is 0 Å². The Bertz CT molecular complexity index is 1190. The summed E-state index contributed by atoms with van der Waals surface area (Å²) in [5.41, 5.74) is 1.80. The molecule has 1 atom stereocenters. The molecule has 0 radical (unpaired) electrons. The average Bonchev–Trinajstić information content (AvgIpc) is 3.46. The number of carbonyl (C=O) groups excluding carboxylic acids is 1. The predicted molar refractivity (Wildman–Crippen MR) is 130 cm³/mol. The summed E-state index contributed by atoms with van der Waals surface area (Å²) >= 11 is 1.71. The molecule has 2 aliphatic heterocycles. The lowest BCUT2D eigenvalue weighted by atomic mass is 10.2. The van der Waals surface area contributed by atoms with Gasteiger partial charge in [0, 0.05) is 26.2 Å². The Morgan fingerprint density at radius 2 is 1.70 bits per heavy atom. The van der Waals surface area contributed by atoms with Crippen molar-refractivity contribution < 1.29 is 13.2 Å². The highest BCUT2D eigenvalue weighted by molar-refractivity contribution is 7.88. The molecular weight excluding hydrogens is 456 g/mol. The van der Waals surface area contributed by atoms with Gasteiger partial charge < -0.3 is 4.90 Å². The Morgan fingerprint density at radius 3 is 2.45 bits per heavy atom. The fourth-order valence-corrected chi connectivity index (χ4v) is 7.35. The van der Waals surface area contributed by atoms with Crippen molar-refractivity contribution in [2.75, 3.05) is 39.3 Å². The first-order valence-electron chi connectivity index (χ1n) is 11.4. The van der Waals surface area contributed by atoms with Gasteiger partial charge in [-0.1, -0.05) is 42.5 Å². The van der Waals surface area contributed by atoms with Gasteiger partial charge in [0.2, 0.25) is 15.9 Å². The molecule has 7 nitrogen and oxygen atoms in total. The number of piperazine rings is 1. The van der Waals surface area contributed by atoms with Crippen LogP contribution in [0.25, 0.3) is 10.2 Å². The quantitative estimate of drug-likeness (QED) is 0.538. The smallest absolute Gasteiger partial charge is 0.236 e. The highest BCUT2D eigenvalue weighted by Gasteiger charge is 2.33. The summed E-state index contributed by atoms with van der Waals surface area (Å²) in [7, 11) is -3.39. The molecule has 5 rings (SSSR count). The molecule has 0 spiro atoms. The zero-order valence-corrected chi connectivity index (χ0v) is 20.1. The van der Waals surface area contributed by atoms with Gasteiger partial charge in [0.05, 0.1) is 28.6 Å². The van der Waals surface area contributed by atoms with Crippen LogP contribution in [-0.2, 0) is 20.6 Å². The molecule has 0 unspecified atom stereocenters. The third-order valence-electron chi connectivity index (χ3n) is 6.47. The minimum absolute atomic E-state index is 0.000584. The van der Waals surface area contributed by atoms with Gasteiger partial charge >= 0.3 is 0 Å². The predicted octanol–water partition coefficient (Wildman–Crippen LogP) is 3.11. The van der Waals surface area contributed by atoms with Crippen molar-refractivity contribution in [3.05, 3.63) is 65.2 Å². The Morgan fingerprint density at radius 1 is 0.970 bits per heavy atom. The molecule has 2 aliphatic rings. The van der Waals surface area contributed by atoms with Crippen LogP contribution in [0.4, 0.5) is 0 Å². The number of para-hydroxylation sites is 1. The van der Waals surface area contributed by atoms with E-state index in [1.165, 1.54) is 9.01 Å². The van der Waals surface area contributed by atoms with Crippen molar-refractivity contribution in [1.29, 1.82) is 0 Å². The molecule has 2 fully saturated rings. The van der Waals surface area contributed by atoms with Crippen LogP contribution in [0.15, 0.2) is 54.6 Å². The van der Waals surface area contributed by atoms with Crippen molar-refractivity contribution in [3.8, 4) is 0 Å². The number of nitrogens with zero attached hydrogens (tertiary/aromatic N) is 4. The maximum Gasteiger partial charge on any atom is 0.236 e. The van der Waals surface area contributed by atoms with Gasteiger partial charge in [-0.15, -0.1) is 11.3 Å². The van der Waals surface area contributed by atoms with E-state index in [4.69, 9.17) is 4.98 Å². The number of fused-ring (bicyclic) bond motifs is 1. The molecule has 0 bridgehead atoms. The number of sulfonamides is 1. The van der Waals surface area contributed by atoms with E-state index in [-0.39, 0.29) is 17.7 Å². The molecule has 3 heterocycles. The summed E-state index contributed by atoms with van der Waals surface area (Å²) < 4.78 is 28.3. The first kappa shape index (κ1) is 22.5. The molecule has 2 saturated heterocycles. The second kappa shape index (κ2) is 9.50. The van der Waals surface area contributed by atoms with Gasteiger partial charge in [-0.25, -0.2) is 13.4 Å². The lowest BCUT2D eigenvalue weighted by Crippen LogP contribution is -2.52. The van der Waals surface area contributed by atoms with Crippen LogP contribution >= 0.6 is 11.3 Å². The lowest BCUT2D eigenvalue weighted by Gasteiger charge is -2.35. The number of amides is 1. The number of rotatable bonds is 6. The maximum absolute atomic E-state index is 13.0. The van der Waals surface area contributed by atoms with Gasteiger partial charge in [-0.2, -0.15) is 4.31 Å². The number of thiazole rings is 1. The van der Waals surface area contributed by atoms with Crippen LogP contribution in [0, 0.1) is 0 Å². The normalized spacial score (nSPS) is 20.5. The summed E-state index contributed by atoms with van der Waals surface area (Å²) in [6.07, 6.45) is 2.07. The Kier molecular flexibility index (Phi) is 6.47. The monoisotopic (exact) mass is 484 g/mol. The number of carbonyl (C=O) groups is 1. The van der Waals surface area contributed by atoms with E-state index in [0.717, 1.165) is 35.5 Å². The van der Waals surface area contributed by atoms with Crippen molar-refractivity contribution in [2.24, 2.45) is 0 Å². The summed E-state index contributed by atoms with van der Waals surface area (Å²) in [6, 6.07) is 17.6. The van der Waals surface area contributed by atoms with Gasteiger partial charge in [-0.05, 0) is 37.1 Å². The minimum Gasteiger partial charge on any atom is -0.339 e. The van der Waals surface area contributed by atoms with E-state index in [0.29, 0.717) is 32.7 Å². The van der Waals surface area contributed by atoms with Crippen molar-refractivity contribution in [2.45, 2.75) is 24.6 Å². The molecule has 2 aromatic carbocycles. The Hall–Kier alpha value is -2.33. The third kappa shape index (κ3) is 4.96. The molecule has 3 aromatic rings. The molecule has 174 valence electrons. The summed E-state index contributed by atoms with van der Waals surface area (Å²) in [5, 5.41) is 1.08. The van der Waals surface area contributed by atoms with E-state index in [2.05, 4.69) is 11.0 Å². The van der Waals surface area contributed by atoms with Gasteiger partial charge in [0.15, 0.2) is 0 Å². The Balaban J connectivity index is 1.18. The van der Waals surface area contributed by atoms with Crippen LogP contribution < -0.4 is 0 Å². The number of hydrogen-bond acceptors (Lipinski definition) is 6. The number of hydrogen-bond donors (Lipinski definition) is 0. The van der Waals surface area contributed by atoms with Gasteiger partial charge in [0.25, 0.3) is 0 Å². The Labute approximate surface area is 198 Å². The molecule has 0 N–H and O–H groups in total. The molecule has 1 aromatic heterocycles. The first-order valence-corrected chi connectivity index (χ1v) is 13.8. The molecule has 9 heteroatoms. The highest BCUT2D eigenvalue weighted by atomic mass is 32.2. The first-order chi connectivity index (χ1) is 16.0. The zero-order chi connectivity index (χ0) is 22.8. The van der Waals surface area contributed by atoms with Crippen LogP contribution in [0.2, 0.25) is 0 Å². The maximum atomic E-state index is 13.0. The molecule has 33 heavy (non-hydrogen) atoms. The number of likely N-dealkylation sites (tertiary alicyclic amines) is 1. The third-order valence-corrected chi connectivity index (χ3v) is 9.46. The van der Waals surface area contributed by atoms with E-state index < -0.39 is 10.0 Å². The standard InChI is InChI=1S/C24H28N4O3S2/c29-23(17-27-12-6-10-21(27)24-25-20-9-4-5-11-22(20)32-24)26-13-15-28(16-14-26)33(30,31)18-19-7-2-1-3-8-19/h1-5,7-9,11,21H,6,10,12-18H2/t21-/m1/s1. The summed E-state index contributed by atoms with van der Waals surface area (Å²) in [4.78, 5) is 21.9. The second-order valence-electron chi connectivity index (χ2n) is 8.67. The van der Waals surface area contributed by atoms with E-state index in [1.807, 2.05) is 53.4 Å². The second-order valence-corrected chi connectivity index (χ2v) is 11.7. The highest BCUT2D eigenvalue weighted by Crippen LogP contribution is 2.36. The lowest BCUT2D eigenvalue weighted by molar-refractivity contribution is -0.133. The van der Waals surface area contributed by atoms with E-state index in [1.54, 1.807) is 11.3 Å².